The molecule has 0 bridgehead atoms. The highest BCUT2D eigenvalue weighted by Crippen LogP contribution is 2.37. The lowest BCUT2D eigenvalue weighted by Crippen LogP contribution is -2.34. The molecular formula is C17H27FN2O4S. The van der Waals surface area contributed by atoms with E-state index in [-0.39, 0.29) is 12.2 Å². The zero-order chi connectivity index (χ0) is 18.4. The Balaban J connectivity index is 2.21. The van der Waals surface area contributed by atoms with Gasteiger partial charge < -0.3 is 14.2 Å². The Morgan fingerprint density at radius 2 is 2.16 bits per heavy atom. The lowest BCUT2D eigenvalue weighted by molar-refractivity contribution is -0.182. The van der Waals surface area contributed by atoms with Gasteiger partial charge in [0, 0.05) is 5.56 Å². The second-order valence-corrected chi connectivity index (χ2v) is 8.51. The zero-order valence-corrected chi connectivity index (χ0v) is 15.8. The lowest BCUT2D eigenvalue weighted by atomic mass is 9.86. The van der Waals surface area contributed by atoms with E-state index >= 15 is 0 Å². The van der Waals surface area contributed by atoms with Crippen molar-refractivity contribution in [1.29, 1.82) is 0 Å². The summed E-state index contributed by atoms with van der Waals surface area (Å²) < 4.78 is 41.5. The molecule has 6 nitrogen and oxygen atoms in total. The van der Waals surface area contributed by atoms with Gasteiger partial charge in [0.15, 0.2) is 6.29 Å². The van der Waals surface area contributed by atoms with Gasteiger partial charge >= 0.3 is 0 Å². The van der Waals surface area contributed by atoms with Crippen LogP contribution in [0.3, 0.4) is 0 Å². The van der Waals surface area contributed by atoms with Crippen LogP contribution in [0.2, 0.25) is 0 Å². The minimum atomic E-state index is -1.51. The third-order valence-electron chi connectivity index (χ3n) is 4.41. The molecule has 0 spiro atoms. The largest absolute Gasteiger partial charge is 0.481 e. The Labute approximate surface area is 150 Å². The van der Waals surface area contributed by atoms with Crippen molar-refractivity contribution in [3.05, 3.63) is 23.6 Å². The molecule has 1 unspecified atom stereocenters. The fourth-order valence-electron chi connectivity index (χ4n) is 2.99. The molecule has 0 aromatic carbocycles. The Morgan fingerprint density at radius 1 is 1.48 bits per heavy atom. The van der Waals surface area contributed by atoms with Crippen LogP contribution in [0.5, 0.6) is 5.88 Å². The highest BCUT2D eigenvalue weighted by atomic mass is 32.2. The second-order valence-electron chi connectivity index (χ2n) is 6.81. The van der Waals surface area contributed by atoms with Gasteiger partial charge in [-0.05, 0) is 51.5 Å². The molecule has 1 aromatic rings. The van der Waals surface area contributed by atoms with Gasteiger partial charge in [-0.1, -0.05) is 0 Å². The average molecular weight is 374 g/mol. The summed E-state index contributed by atoms with van der Waals surface area (Å²) in [6.45, 7) is 5.03. The van der Waals surface area contributed by atoms with E-state index in [1.807, 2.05) is 13.8 Å². The standard InChI is InChI=1S/C17H27FN2O4S/c1-17(2,25(19)21)10-12(5-6-15-23-7-4-8-24-15)14-9-13(18)11-20-16(14)22-3/h9,11-12,15H,4-8,10,19H2,1-3H3/t12-,25?/m1/s1. The third-order valence-corrected chi connectivity index (χ3v) is 5.66. The molecule has 0 saturated carbocycles. The normalized spacial score (nSPS) is 18.8. The fraction of sp³-hybridized carbons (Fsp3) is 0.706. The van der Waals surface area contributed by atoms with E-state index in [2.05, 4.69) is 4.98 Å². The molecule has 2 N–H and O–H groups in total. The number of ether oxygens (including phenoxy) is 3. The number of halogens is 1. The molecule has 2 heterocycles. The first-order valence-electron chi connectivity index (χ1n) is 8.42. The van der Waals surface area contributed by atoms with Crippen molar-refractivity contribution in [2.45, 2.75) is 56.5 Å². The molecule has 1 fully saturated rings. The van der Waals surface area contributed by atoms with Crippen molar-refractivity contribution < 1.29 is 22.8 Å². The third kappa shape index (κ3) is 5.70. The number of methoxy groups -OCH3 is 1. The van der Waals surface area contributed by atoms with Gasteiger partial charge in [0.2, 0.25) is 5.88 Å². The van der Waals surface area contributed by atoms with E-state index in [0.717, 1.165) is 12.6 Å². The van der Waals surface area contributed by atoms with Gasteiger partial charge in [-0.2, -0.15) is 0 Å². The summed E-state index contributed by atoms with van der Waals surface area (Å²) in [5.74, 6) is -0.192. The Hall–Kier alpha value is -1.09. The number of aromatic nitrogens is 1. The Kier molecular flexibility index (Phi) is 7.30. The Bertz CT molecular complexity index is 594. The predicted molar refractivity (Wildman–Crippen MR) is 94.1 cm³/mol. The SMILES string of the molecule is COc1ncc(F)cc1[C@H](CCC1OCCCO1)CC(C)(C)S(N)=O. The maximum Gasteiger partial charge on any atom is 0.216 e. The van der Waals surface area contributed by atoms with E-state index in [0.29, 0.717) is 43.9 Å². The van der Waals surface area contributed by atoms with Crippen molar-refractivity contribution in [3.63, 3.8) is 0 Å². The van der Waals surface area contributed by atoms with Crippen LogP contribution < -0.4 is 9.88 Å². The van der Waals surface area contributed by atoms with Crippen LogP contribution in [0.15, 0.2) is 12.3 Å². The number of pyridine rings is 1. The van der Waals surface area contributed by atoms with Crippen LogP contribution in [0.4, 0.5) is 4.39 Å². The second kappa shape index (κ2) is 9.02. The lowest BCUT2D eigenvalue weighted by Gasteiger charge is -2.30. The van der Waals surface area contributed by atoms with Gasteiger partial charge in [0.05, 0.1) is 42.3 Å². The maximum atomic E-state index is 13.8. The van der Waals surface area contributed by atoms with Crippen molar-refractivity contribution >= 4 is 11.0 Å². The van der Waals surface area contributed by atoms with Gasteiger partial charge in [-0.15, -0.1) is 0 Å². The minimum Gasteiger partial charge on any atom is -0.481 e. The Morgan fingerprint density at radius 3 is 2.76 bits per heavy atom. The van der Waals surface area contributed by atoms with E-state index in [9.17, 15) is 8.60 Å². The number of hydrogen-bond acceptors (Lipinski definition) is 5. The van der Waals surface area contributed by atoms with Gasteiger partial charge in [0.25, 0.3) is 0 Å². The maximum absolute atomic E-state index is 13.8. The van der Waals surface area contributed by atoms with E-state index in [1.54, 1.807) is 0 Å². The average Bonchev–Trinajstić information content (AvgIpc) is 2.59. The van der Waals surface area contributed by atoms with Crippen molar-refractivity contribution in [2.75, 3.05) is 20.3 Å². The van der Waals surface area contributed by atoms with Crippen LogP contribution in [0, 0.1) is 5.82 Å². The van der Waals surface area contributed by atoms with Gasteiger partial charge in [-0.3, -0.25) is 5.14 Å². The number of hydrogen-bond donors (Lipinski definition) is 1. The molecule has 25 heavy (non-hydrogen) atoms. The first kappa shape index (κ1) is 20.2. The summed E-state index contributed by atoms with van der Waals surface area (Å²) in [6, 6.07) is 1.43. The monoisotopic (exact) mass is 374 g/mol. The quantitative estimate of drug-likeness (QED) is 0.756. The van der Waals surface area contributed by atoms with Crippen molar-refractivity contribution in [1.82, 2.24) is 4.98 Å². The summed E-state index contributed by atoms with van der Waals surface area (Å²) in [6.07, 6.45) is 3.56. The first-order chi connectivity index (χ1) is 11.8. The molecule has 142 valence electrons. The van der Waals surface area contributed by atoms with Crippen LogP contribution in [0.25, 0.3) is 0 Å². The highest BCUT2D eigenvalue weighted by molar-refractivity contribution is 7.84. The summed E-state index contributed by atoms with van der Waals surface area (Å²) in [5.41, 5.74) is 0.650. The number of rotatable bonds is 8. The molecule has 8 heteroatoms. The van der Waals surface area contributed by atoms with Gasteiger partial charge in [0.1, 0.15) is 5.82 Å². The summed E-state index contributed by atoms with van der Waals surface area (Å²) >= 11 is 0. The van der Waals surface area contributed by atoms with E-state index < -0.39 is 21.5 Å². The summed E-state index contributed by atoms with van der Waals surface area (Å²) in [4.78, 5) is 4.02. The molecule has 0 amide bonds. The zero-order valence-electron chi connectivity index (χ0n) is 15.0. The van der Waals surface area contributed by atoms with E-state index in [1.165, 1.54) is 13.2 Å². The minimum absolute atomic E-state index is 0.130. The topological polar surface area (TPSA) is 83.7 Å². The summed E-state index contributed by atoms with van der Waals surface area (Å²) in [5, 5.41) is 5.64. The molecule has 1 aliphatic heterocycles. The predicted octanol–water partition coefficient (Wildman–Crippen LogP) is 2.65. The van der Waals surface area contributed by atoms with Crippen LogP contribution in [-0.2, 0) is 20.5 Å². The molecule has 0 aliphatic carbocycles. The molecule has 2 rings (SSSR count). The fourth-order valence-corrected chi connectivity index (χ4v) is 3.35. The molecule has 1 aromatic heterocycles. The number of nitrogens with zero attached hydrogens (tertiary/aromatic N) is 1. The first-order valence-corrected chi connectivity index (χ1v) is 9.63. The molecular weight excluding hydrogens is 347 g/mol. The van der Waals surface area contributed by atoms with Crippen LogP contribution >= 0.6 is 0 Å². The smallest absolute Gasteiger partial charge is 0.216 e. The number of nitrogens with two attached hydrogens (primary N) is 1. The van der Waals surface area contributed by atoms with Crippen LogP contribution in [0.1, 0.15) is 51.0 Å². The highest BCUT2D eigenvalue weighted by Gasteiger charge is 2.31. The van der Waals surface area contributed by atoms with Crippen molar-refractivity contribution in [3.8, 4) is 5.88 Å². The van der Waals surface area contributed by atoms with Crippen molar-refractivity contribution in [2.24, 2.45) is 5.14 Å². The molecule has 1 aliphatic rings. The molecule has 0 radical (unpaired) electrons. The summed E-state index contributed by atoms with van der Waals surface area (Å²) in [7, 11) is -0.00956. The molecule has 1 saturated heterocycles. The van der Waals surface area contributed by atoms with E-state index in [4.69, 9.17) is 19.3 Å². The molecule has 2 atom stereocenters. The van der Waals surface area contributed by atoms with Crippen LogP contribution in [-0.4, -0.2) is 40.6 Å². The van der Waals surface area contributed by atoms with Gasteiger partial charge in [-0.25, -0.2) is 13.6 Å².